The number of carbonyl (C=O) groups is 2. The number of ether oxygens (including phenoxy) is 1. The minimum absolute atomic E-state index is 0.146. The lowest BCUT2D eigenvalue weighted by Crippen LogP contribution is -2.35. The summed E-state index contributed by atoms with van der Waals surface area (Å²) in [5.74, 6) is 0.114. The maximum Gasteiger partial charge on any atom is 0.417 e. The number of fused-ring (bicyclic) bond motifs is 1. The Morgan fingerprint density at radius 3 is 2.65 bits per heavy atom. The molecule has 3 aromatic carbocycles. The van der Waals surface area contributed by atoms with Crippen LogP contribution in [0.2, 0.25) is 0 Å². The zero-order valence-electron chi connectivity index (χ0n) is 19.1. The zero-order chi connectivity index (χ0) is 24.1. The summed E-state index contributed by atoms with van der Waals surface area (Å²) in [5, 5.41) is 14.3. The van der Waals surface area contributed by atoms with Crippen LogP contribution in [-0.2, 0) is 16.6 Å². The van der Waals surface area contributed by atoms with Gasteiger partial charge in [0.1, 0.15) is 5.75 Å². The highest BCUT2D eigenvalue weighted by Crippen LogP contribution is 2.28. The van der Waals surface area contributed by atoms with Crippen molar-refractivity contribution in [3.8, 4) is 11.8 Å². The van der Waals surface area contributed by atoms with E-state index in [9.17, 15) is 14.9 Å². The fourth-order valence-corrected chi connectivity index (χ4v) is 4.02. The molecular weight excluding hydrogens is 426 g/mol. The van der Waals surface area contributed by atoms with Crippen LogP contribution in [0, 0.1) is 17.2 Å². The first-order valence-corrected chi connectivity index (χ1v) is 11.2. The van der Waals surface area contributed by atoms with E-state index in [1.807, 2.05) is 62.4 Å². The lowest BCUT2D eigenvalue weighted by molar-refractivity contribution is -0.120. The fraction of sp³-hybridized carbons (Fsp3) is 0.214. The third kappa shape index (κ3) is 5.05. The molecule has 2 amide bonds. The van der Waals surface area contributed by atoms with Gasteiger partial charge in [-0.3, -0.25) is 10.1 Å². The summed E-state index contributed by atoms with van der Waals surface area (Å²) in [4.78, 5) is 28.7. The molecule has 4 rings (SSSR count). The van der Waals surface area contributed by atoms with E-state index in [2.05, 4.69) is 16.4 Å². The van der Waals surface area contributed by atoms with Gasteiger partial charge in [0.15, 0.2) is 0 Å². The van der Waals surface area contributed by atoms with Gasteiger partial charge < -0.3 is 4.74 Å². The summed E-state index contributed by atoms with van der Waals surface area (Å²) in [6.45, 7) is 3.83. The van der Waals surface area contributed by atoms with Gasteiger partial charge in [-0.1, -0.05) is 55.5 Å². The van der Waals surface area contributed by atoms with Gasteiger partial charge in [-0.2, -0.15) is 5.26 Å². The molecule has 6 nitrogen and oxygen atoms in total. The first kappa shape index (κ1) is 22.9. The molecule has 0 radical (unpaired) electrons. The predicted octanol–water partition coefficient (Wildman–Crippen LogP) is 4.29. The van der Waals surface area contributed by atoms with Crippen molar-refractivity contribution in [1.29, 1.82) is 5.26 Å². The number of nitriles is 1. The van der Waals surface area contributed by atoms with Gasteiger partial charge in [0.25, 0.3) is 5.91 Å². The molecule has 0 saturated heterocycles. The second kappa shape index (κ2) is 9.72. The van der Waals surface area contributed by atoms with Crippen LogP contribution >= 0.6 is 0 Å². The monoisotopic (exact) mass is 451 g/mol. The maximum absolute atomic E-state index is 12.2. The molecule has 3 aromatic rings. The number of nitrogens with one attached hydrogen (secondary N) is 1. The van der Waals surface area contributed by atoms with E-state index in [1.54, 1.807) is 30.3 Å². The SMILES string of the molecule is CCC1C=c2ccc(C(C)(C#N)Cc3cccc(NC(=O)Oc4ccccc4)c3)cc2=NC1=O. The van der Waals surface area contributed by atoms with Crippen LogP contribution in [0.4, 0.5) is 10.5 Å². The standard InChI is InChI=1S/C28H25N3O3/c1-3-20-15-21-12-13-22(16-25(21)31-26(20)32)28(2,18-29)17-19-8-7-9-23(14-19)30-27(33)34-24-10-5-4-6-11-24/h4-16,20H,3,17H2,1-2H3,(H,30,33). The molecule has 6 heteroatoms. The van der Waals surface area contributed by atoms with Gasteiger partial charge >= 0.3 is 6.09 Å². The number of hydrogen-bond acceptors (Lipinski definition) is 4. The highest BCUT2D eigenvalue weighted by Gasteiger charge is 2.28. The van der Waals surface area contributed by atoms with E-state index in [-0.39, 0.29) is 11.8 Å². The van der Waals surface area contributed by atoms with Crippen molar-refractivity contribution in [2.24, 2.45) is 10.9 Å². The largest absolute Gasteiger partial charge is 0.417 e. The summed E-state index contributed by atoms with van der Waals surface area (Å²) in [5.41, 5.74) is 1.39. The van der Waals surface area contributed by atoms with Gasteiger partial charge in [-0.25, -0.2) is 9.79 Å². The second-order valence-corrected chi connectivity index (χ2v) is 8.55. The van der Waals surface area contributed by atoms with Crippen molar-refractivity contribution in [3.63, 3.8) is 0 Å². The molecule has 170 valence electrons. The number of carbonyl (C=O) groups excluding carboxylic acids is 2. The molecule has 2 atom stereocenters. The minimum atomic E-state index is -0.849. The lowest BCUT2D eigenvalue weighted by Gasteiger charge is -2.23. The van der Waals surface area contributed by atoms with E-state index in [0.717, 1.165) is 16.3 Å². The number of benzene rings is 3. The first-order valence-electron chi connectivity index (χ1n) is 11.2. The van der Waals surface area contributed by atoms with Crippen molar-refractivity contribution in [3.05, 3.63) is 94.5 Å². The Kier molecular flexibility index (Phi) is 6.55. The van der Waals surface area contributed by atoms with Gasteiger partial charge in [-0.05, 0) is 66.4 Å². The van der Waals surface area contributed by atoms with Crippen LogP contribution in [0.3, 0.4) is 0 Å². The van der Waals surface area contributed by atoms with Crippen LogP contribution in [0.25, 0.3) is 6.08 Å². The molecule has 0 bridgehead atoms. The molecule has 0 aromatic heterocycles. The maximum atomic E-state index is 12.2. The van der Waals surface area contributed by atoms with Gasteiger partial charge in [0.05, 0.1) is 22.8 Å². The first-order chi connectivity index (χ1) is 16.4. The molecule has 1 N–H and O–H groups in total. The molecule has 1 heterocycles. The number of rotatable bonds is 6. The Labute approximate surface area is 198 Å². The number of para-hydroxylation sites is 1. The smallest absolute Gasteiger partial charge is 0.410 e. The van der Waals surface area contributed by atoms with Crippen molar-refractivity contribution >= 4 is 23.8 Å². The summed E-state index contributed by atoms with van der Waals surface area (Å²) >= 11 is 0. The quantitative estimate of drug-likeness (QED) is 0.605. The Morgan fingerprint density at radius 1 is 1.12 bits per heavy atom. The van der Waals surface area contributed by atoms with E-state index in [0.29, 0.717) is 29.6 Å². The average molecular weight is 452 g/mol. The minimum Gasteiger partial charge on any atom is -0.410 e. The molecular formula is C28H25N3O3. The number of anilines is 1. The molecule has 0 aliphatic carbocycles. The molecule has 0 spiro atoms. The van der Waals surface area contributed by atoms with Crippen LogP contribution in [0.15, 0.2) is 77.8 Å². The van der Waals surface area contributed by atoms with E-state index >= 15 is 0 Å². The summed E-state index contributed by atoms with van der Waals surface area (Å²) in [7, 11) is 0. The van der Waals surface area contributed by atoms with Crippen molar-refractivity contribution in [1.82, 2.24) is 0 Å². The average Bonchev–Trinajstić information content (AvgIpc) is 2.84. The topological polar surface area (TPSA) is 91.6 Å². The van der Waals surface area contributed by atoms with Crippen LogP contribution in [-0.4, -0.2) is 12.0 Å². The zero-order valence-corrected chi connectivity index (χ0v) is 19.1. The number of nitrogens with zero attached hydrogens (tertiary/aromatic N) is 2. The Hall–Kier alpha value is -4.24. The van der Waals surface area contributed by atoms with Crippen molar-refractivity contribution in [2.45, 2.75) is 32.1 Å². The van der Waals surface area contributed by atoms with Crippen LogP contribution in [0.5, 0.6) is 5.75 Å². The van der Waals surface area contributed by atoms with E-state index in [4.69, 9.17) is 4.74 Å². The van der Waals surface area contributed by atoms with Gasteiger partial charge in [0.2, 0.25) is 0 Å². The van der Waals surface area contributed by atoms with Gasteiger partial charge in [0, 0.05) is 5.69 Å². The number of amides is 2. The summed E-state index contributed by atoms with van der Waals surface area (Å²) in [6.07, 6.45) is 2.49. The predicted molar refractivity (Wildman–Crippen MR) is 130 cm³/mol. The second-order valence-electron chi connectivity index (χ2n) is 8.55. The van der Waals surface area contributed by atoms with Crippen molar-refractivity contribution < 1.29 is 14.3 Å². The summed E-state index contributed by atoms with van der Waals surface area (Å²) in [6, 6.07) is 24.3. The molecule has 1 aliphatic rings. The van der Waals surface area contributed by atoms with Crippen LogP contribution < -0.4 is 20.6 Å². The Morgan fingerprint density at radius 2 is 1.91 bits per heavy atom. The third-order valence-corrected chi connectivity index (χ3v) is 5.97. The Balaban J connectivity index is 1.54. The third-order valence-electron chi connectivity index (χ3n) is 5.97. The molecule has 1 aliphatic heterocycles. The van der Waals surface area contributed by atoms with E-state index in [1.165, 1.54) is 0 Å². The molecule has 0 saturated carbocycles. The van der Waals surface area contributed by atoms with Crippen LogP contribution in [0.1, 0.15) is 31.4 Å². The normalized spacial score (nSPS) is 16.1. The fourth-order valence-electron chi connectivity index (χ4n) is 4.02. The highest BCUT2D eigenvalue weighted by atomic mass is 16.6. The van der Waals surface area contributed by atoms with E-state index < -0.39 is 11.5 Å². The highest BCUT2D eigenvalue weighted by molar-refractivity contribution is 5.86. The van der Waals surface area contributed by atoms with Gasteiger partial charge in [-0.15, -0.1) is 0 Å². The number of hydrogen-bond donors (Lipinski definition) is 1. The Bertz CT molecular complexity index is 1390. The molecule has 34 heavy (non-hydrogen) atoms. The summed E-state index contributed by atoms with van der Waals surface area (Å²) < 4.78 is 5.28. The molecule has 0 fully saturated rings. The molecule has 2 unspecified atom stereocenters. The van der Waals surface area contributed by atoms with Crippen molar-refractivity contribution in [2.75, 3.05) is 5.32 Å². The lowest BCUT2D eigenvalue weighted by atomic mass is 9.78.